The quantitative estimate of drug-likeness (QED) is 0.468. The molecule has 6 nitrogen and oxygen atoms in total. The van der Waals surface area contributed by atoms with E-state index >= 15 is 0 Å². The second-order valence-corrected chi connectivity index (χ2v) is 8.67. The topological polar surface area (TPSA) is 65.8 Å². The molecule has 4 rings (SSSR count). The Balaban J connectivity index is 1.36. The molecule has 1 aliphatic rings. The van der Waals surface area contributed by atoms with Gasteiger partial charge in [0.05, 0.1) is 10.0 Å². The largest absolute Gasteiger partial charge is 0.451 e. The average molecular weight is 486 g/mol. The zero-order chi connectivity index (χ0) is 23.4. The molecule has 0 atom stereocenters. The Bertz CT molecular complexity index is 1140. The van der Waals surface area contributed by atoms with Gasteiger partial charge in [-0.15, -0.1) is 0 Å². The third kappa shape index (κ3) is 5.34. The summed E-state index contributed by atoms with van der Waals surface area (Å²) >= 11 is 12.3. The normalized spacial score (nSPS) is 13.8. The molecule has 172 valence electrons. The molecule has 2 amide bonds. The summed E-state index contributed by atoms with van der Waals surface area (Å²) in [5.41, 5.74) is 2.36. The van der Waals surface area contributed by atoms with E-state index in [1.165, 1.54) is 0 Å². The number of halogens is 2. The highest BCUT2D eigenvalue weighted by Crippen LogP contribution is 2.34. The standard InChI is InChI=1S/C25H25Cl2N3O3/c1-2-4-23(31)30-15-13-29(14-16-30)18-9-7-17(8-10-18)28-25(32)22-12-11-21(33-22)19-5-3-6-20(26)24(19)27/h3,5-12H,2,4,13-16H2,1H3,(H,28,32). The van der Waals surface area contributed by atoms with Gasteiger partial charge >= 0.3 is 0 Å². The minimum atomic E-state index is -0.352. The molecule has 0 saturated carbocycles. The van der Waals surface area contributed by atoms with Crippen LogP contribution >= 0.6 is 23.2 Å². The molecule has 8 heteroatoms. The minimum Gasteiger partial charge on any atom is -0.451 e. The highest BCUT2D eigenvalue weighted by molar-refractivity contribution is 6.43. The summed E-state index contributed by atoms with van der Waals surface area (Å²) in [6.45, 7) is 5.07. The molecular formula is C25H25Cl2N3O3. The number of amides is 2. The second kappa shape index (κ2) is 10.3. The van der Waals surface area contributed by atoms with E-state index in [-0.39, 0.29) is 17.6 Å². The molecule has 2 aromatic carbocycles. The van der Waals surface area contributed by atoms with Crippen molar-refractivity contribution >= 4 is 46.4 Å². The predicted octanol–water partition coefficient (Wildman–Crippen LogP) is 5.95. The lowest BCUT2D eigenvalue weighted by Crippen LogP contribution is -2.48. The van der Waals surface area contributed by atoms with Gasteiger partial charge in [-0.25, -0.2) is 0 Å². The number of rotatable bonds is 6. The van der Waals surface area contributed by atoms with Crippen LogP contribution in [-0.4, -0.2) is 42.9 Å². The third-order valence-corrected chi connectivity index (χ3v) is 6.45. The first kappa shape index (κ1) is 23.2. The van der Waals surface area contributed by atoms with E-state index in [4.69, 9.17) is 27.6 Å². The Morgan fingerprint density at radius 2 is 1.70 bits per heavy atom. The maximum Gasteiger partial charge on any atom is 0.291 e. The highest BCUT2D eigenvalue weighted by Gasteiger charge is 2.21. The van der Waals surface area contributed by atoms with Gasteiger partial charge in [-0.05, 0) is 55.0 Å². The zero-order valence-corrected chi connectivity index (χ0v) is 19.8. The van der Waals surface area contributed by atoms with Gasteiger partial charge in [0.25, 0.3) is 5.91 Å². The molecular weight excluding hydrogens is 461 g/mol. The summed E-state index contributed by atoms with van der Waals surface area (Å²) < 4.78 is 5.71. The van der Waals surface area contributed by atoms with Gasteiger partial charge in [0.2, 0.25) is 5.91 Å². The van der Waals surface area contributed by atoms with E-state index in [9.17, 15) is 9.59 Å². The molecule has 2 heterocycles. The number of hydrogen-bond donors (Lipinski definition) is 1. The van der Waals surface area contributed by atoms with Crippen LogP contribution in [0.4, 0.5) is 11.4 Å². The maximum atomic E-state index is 12.6. The summed E-state index contributed by atoms with van der Waals surface area (Å²) in [5.74, 6) is 0.529. The number of carbonyl (C=O) groups is 2. The van der Waals surface area contributed by atoms with Crippen molar-refractivity contribution in [1.29, 1.82) is 0 Å². The smallest absolute Gasteiger partial charge is 0.291 e. The van der Waals surface area contributed by atoms with E-state index in [1.807, 2.05) is 36.1 Å². The highest BCUT2D eigenvalue weighted by atomic mass is 35.5. The second-order valence-electron chi connectivity index (χ2n) is 7.88. The van der Waals surface area contributed by atoms with Crippen molar-refractivity contribution in [3.8, 4) is 11.3 Å². The maximum absolute atomic E-state index is 12.6. The van der Waals surface area contributed by atoms with Crippen LogP contribution in [0.15, 0.2) is 59.0 Å². The average Bonchev–Trinajstić information content (AvgIpc) is 3.32. The first-order chi connectivity index (χ1) is 16.0. The van der Waals surface area contributed by atoms with Gasteiger partial charge in [-0.2, -0.15) is 0 Å². The van der Waals surface area contributed by atoms with Crippen molar-refractivity contribution in [3.63, 3.8) is 0 Å². The molecule has 0 unspecified atom stereocenters. The SMILES string of the molecule is CCCC(=O)N1CCN(c2ccc(NC(=O)c3ccc(-c4cccc(Cl)c4Cl)o3)cc2)CC1. The number of nitrogens with one attached hydrogen (secondary N) is 1. The predicted molar refractivity (Wildman–Crippen MR) is 132 cm³/mol. The van der Waals surface area contributed by atoms with E-state index < -0.39 is 0 Å². The Kier molecular flexibility index (Phi) is 7.26. The summed E-state index contributed by atoms with van der Waals surface area (Å²) in [6.07, 6.45) is 1.48. The van der Waals surface area contributed by atoms with Crippen molar-refractivity contribution in [2.75, 3.05) is 36.4 Å². The first-order valence-electron chi connectivity index (χ1n) is 10.9. The van der Waals surface area contributed by atoms with Gasteiger partial charge in [0.1, 0.15) is 5.76 Å². The van der Waals surface area contributed by atoms with Crippen LogP contribution in [-0.2, 0) is 4.79 Å². The van der Waals surface area contributed by atoms with Gasteiger partial charge in [-0.1, -0.05) is 36.2 Å². The van der Waals surface area contributed by atoms with Gasteiger partial charge < -0.3 is 19.5 Å². The number of hydrogen-bond acceptors (Lipinski definition) is 4. The number of anilines is 2. The molecule has 33 heavy (non-hydrogen) atoms. The van der Waals surface area contributed by atoms with Crippen LogP contribution in [0.2, 0.25) is 10.0 Å². The summed E-state index contributed by atoms with van der Waals surface area (Å²) in [5, 5.41) is 3.66. The fourth-order valence-corrected chi connectivity index (χ4v) is 4.23. The Morgan fingerprint density at radius 1 is 0.970 bits per heavy atom. The molecule has 0 aliphatic carbocycles. The lowest BCUT2D eigenvalue weighted by molar-refractivity contribution is -0.131. The van der Waals surface area contributed by atoms with Crippen LogP contribution in [0.5, 0.6) is 0 Å². The Hall–Kier alpha value is -2.96. The van der Waals surface area contributed by atoms with Gasteiger partial charge in [0, 0.05) is 49.5 Å². The summed E-state index contributed by atoms with van der Waals surface area (Å²) in [6, 6.07) is 16.2. The molecule has 3 aromatic rings. The van der Waals surface area contributed by atoms with Crippen molar-refractivity contribution in [2.45, 2.75) is 19.8 Å². The summed E-state index contributed by atoms with van der Waals surface area (Å²) in [4.78, 5) is 28.9. The molecule has 1 N–H and O–H groups in total. The first-order valence-corrected chi connectivity index (χ1v) is 11.7. The minimum absolute atomic E-state index is 0.179. The van der Waals surface area contributed by atoms with Gasteiger partial charge in [0.15, 0.2) is 5.76 Å². The molecule has 1 aliphatic heterocycles. The lowest BCUT2D eigenvalue weighted by Gasteiger charge is -2.36. The van der Waals surface area contributed by atoms with Crippen LogP contribution < -0.4 is 10.2 Å². The van der Waals surface area contributed by atoms with E-state index in [2.05, 4.69) is 10.2 Å². The van der Waals surface area contributed by atoms with Crippen molar-refractivity contribution in [3.05, 3.63) is 70.4 Å². The van der Waals surface area contributed by atoms with Crippen molar-refractivity contribution in [1.82, 2.24) is 4.90 Å². The Labute approximate surface area is 203 Å². The number of piperazine rings is 1. The van der Waals surface area contributed by atoms with Crippen LogP contribution in [0, 0.1) is 0 Å². The van der Waals surface area contributed by atoms with E-state index in [0.717, 1.165) is 38.3 Å². The molecule has 0 spiro atoms. The third-order valence-electron chi connectivity index (χ3n) is 5.63. The number of furan rings is 1. The summed E-state index contributed by atoms with van der Waals surface area (Å²) in [7, 11) is 0. The number of carbonyl (C=O) groups excluding carboxylic acids is 2. The number of benzene rings is 2. The molecule has 1 saturated heterocycles. The lowest BCUT2D eigenvalue weighted by atomic mass is 10.2. The molecule has 1 aromatic heterocycles. The van der Waals surface area contributed by atoms with Crippen LogP contribution in [0.25, 0.3) is 11.3 Å². The van der Waals surface area contributed by atoms with Crippen LogP contribution in [0.3, 0.4) is 0 Å². The fraction of sp³-hybridized carbons (Fsp3) is 0.280. The monoisotopic (exact) mass is 485 g/mol. The van der Waals surface area contributed by atoms with Crippen molar-refractivity contribution in [2.24, 2.45) is 0 Å². The molecule has 0 radical (unpaired) electrons. The van der Waals surface area contributed by atoms with E-state index in [1.54, 1.807) is 30.3 Å². The zero-order valence-electron chi connectivity index (χ0n) is 18.3. The molecule has 1 fully saturated rings. The van der Waals surface area contributed by atoms with E-state index in [0.29, 0.717) is 33.5 Å². The number of nitrogens with zero attached hydrogens (tertiary/aromatic N) is 2. The van der Waals surface area contributed by atoms with Gasteiger partial charge in [-0.3, -0.25) is 9.59 Å². The Morgan fingerprint density at radius 3 is 2.39 bits per heavy atom. The fourth-order valence-electron chi connectivity index (χ4n) is 3.83. The van der Waals surface area contributed by atoms with Crippen LogP contribution in [0.1, 0.15) is 30.3 Å². The van der Waals surface area contributed by atoms with Crippen molar-refractivity contribution < 1.29 is 14.0 Å². The molecule has 0 bridgehead atoms.